The van der Waals surface area contributed by atoms with Crippen molar-refractivity contribution < 1.29 is 9.21 Å². The fraction of sp³-hybridized carbons (Fsp3) is 0.583. The number of likely N-dealkylation sites (tertiary alicyclic amines) is 1. The summed E-state index contributed by atoms with van der Waals surface area (Å²) in [5.41, 5.74) is 0. The van der Waals surface area contributed by atoms with Crippen molar-refractivity contribution in [2.24, 2.45) is 0 Å². The SMILES string of the molecule is Cc1ccc(CN(C)C(=O)N2CCCC2)o1. The normalized spacial score (nSPS) is 15.5. The molecule has 88 valence electrons. The highest BCUT2D eigenvalue weighted by atomic mass is 16.3. The third kappa shape index (κ3) is 2.38. The molecule has 0 N–H and O–H groups in total. The lowest BCUT2D eigenvalue weighted by molar-refractivity contribution is 0.167. The molecule has 0 atom stereocenters. The summed E-state index contributed by atoms with van der Waals surface area (Å²) in [7, 11) is 1.82. The molecule has 2 heterocycles. The Labute approximate surface area is 95.8 Å². The van der Waals surface area contributed by atoms with Gasteiger partial charge in [0.2, 0.25) is 0 Å². The van der Waals surface area contributed by atoms with Gasteiger partial charge in [-0.05, 0) is 31.9 Å². The first-order valence-electron chi connectivity index (χ1n) is 5.72. The second kappa shape index (κ2) is 4.60. The third-order valence-corrected chi connectivity index (χ3v) is 2.89. The maximum Gasteiger partial charge on any atom is 0.320 e. The minimum atomic E-state index is 0.103. The Balaban J connectivity index is 1.91. The number of carbonyl (C=O) groups is 1. The van der Waals surface area contributed by atoms with Crippen LogP contribution in [-0.2, 0) is 6.54 Å². The fourth-order valence-electron chi connectivity index (χ4n) is 2.02. The van der Waals surface area contributed by atoms with E-state index in [-0.39, 0.29) is 6.03 Å². The van der Waals surface area contributed by atoms with Gasteiger partial charge in [-0.3, -0.25) is 0 Å². The van der Waals surface area contributed by atoms with Crippen molar-refractivity contribution in [3.8, 4) is 0 Å². The Hall–Kier alpha value is -1.45. The van der Waals surface area contributed by atoms with Crippen molar-refractivity contribution in [3.63, 3.8) is 0 Å². The molecular formula is C12H18N2O2. The zero-order chi connectivity index (χ0) is 11.5. The van der Waals surface area contributed by atoms with Crippen molar-refractivity contribution in [2.45, 2.75) is 26.3 Å². The second-order valence-corrected chi connectivity index (χ2v) is 4.35. The Morgan fingerprint density at radius 3 is 2.69 bits per heavy atom. The molecule has 0 radical (unpaired) electrons. The summed E-state index contributed by atoms with van der Waals surface area (Å²) in [6.07, 6.45) is 2.25. The monoisotopic (exact) mass is 222 g/mol. The van der Waals surface area contributed by atoms with Gasteiger partial charge in [-0.15, -0.1) is 0 Å². The van der Waals surface area contributed by atoms with Gasteiger partial charge >= 0.3 is 6.03 Å². The average Bonchev–Trinajstić information content (AvgIpc) is 2.88. The lowest BCUT2D eigenvalue weighted by Crippen LogP contribution is -2.38. The van der Waals surface area contributed by atoms with E-state index >= 15 is 0 Å². The van der Waals surface area contributed by atoms with Gasteiger partial charge in [0.25, 0.3) is 0 Å². The average molecular weight is 222 g/mol. The molecule has 16 heavy (non-hydrogen) atoms. The Bertz CT molecular complexity index is 367. The van der Waals surface area contributed by atoms with Gasteiger partial charge < -0.3 is 14.2 Å². The standard InChI is InChI=1S/C12H18N2O2/c1-10-5-6-11(16-10)9-13(2)12(15)14-7-3-4-8-14/h5-6H,3-4,7-9H2,1-2H3. The van der Waals surface area contributed by atoms with E-state index in [1.165, 1.54) is 0 Å². The molecular weight excluding hydrogens is 204 g/mol. The molecule has 1 aliphatic heterocycles. The molecule has 0 saturated carbocycles. The van der Waals surface area contributed by atoms with Crippen molar-refractivity contribution in [2.75, 3.05) is 20.1 Å². The largest absolute Gasteiger partial charge is 0.464 e. The Morgan fingerprint density at radius 1 is 1.44 bits per heavy atom. The van der Waals surface area contributed by atoms with E-state index in [1.54, 1.807) is 4.90 Å². The molecule has 4 heteroatoms. The Kier molecular flexibility index (Phi) is 3.17. The summed E-state index contributed by atoms with van der Waals surface area (Å²) in [5, 5.41) is 0. The van der Waals surface area contributed by atoms with Crippen LogP contribution in [0.2, 0.25) is 0 Å². The fourth-order valence-corrected chi connectivity index (χ4v) is 2.02. The molecule has 4 nitrogen and oxygen atoms in total. The molecule has 2 amide bonds. The van der Waals surface area contributed by atoms with E-state index in [4.69, 9.17) is 4.42 Å². The van der Waals surface area contributed by atoms with Crippen LogP contribution in [0.1, 0.15) is 24.4 Å². The summed E-state index contributed by atoms with van der Waals surface area (Å²) < 4.78 is 5.45. The quantitative estimate of drug-likeness (QED) is 0.769. The summed E-state index contributed by atoms with van der Waals surface area (Å²) in [4.78, 5) is 15.6. The van der Waals surface area contributed by atoms with Crippen LogP contribution >= 0.6 is 0 Å². The summed E-state index contributed by atoms with van der Waals surface area (Å²) in [5.74, 6) is 1.73. The molecule has 1 aliphatic rings. The van der Waals surface area contributed by atoms with E-state index in [0.717, 1.165) is 37.5 Å². The Morgan fingerprint density at radius 2 is 2.12 bits per heavy atom. The molecule has 1 aromatic rings. The van der Waals surface area contributed by atoms with Gasteiger partial charge in [0.05, 0.1) is 6.54 Å². The lowest BCUT2D eigenvalue weighted by Gasteiger charge is -2.23. The summed E-state index contributed by atoms with van der Waals surface area (Å²) in [6.45, 7) is 4.23. The van der Waals surface area contributed by atoms with Crippen LogP contribution in [-0.4, -0.2) is 36.0 Å². The number of aryl methyl sites for hydroxylation is 1. The number of nitrogens with zero attached hydrogens (tertiary/aromatic N) is 2. The van der Waals surface area contributed by atoms with Crippen molar-refractivity contribution in [1.82, 2.24) is 9.80 Å². The maximum atomic E-state index is 12.0. The summed E-state index contributed by atoms with van der Waals surface area (Å²) in [6, 6.07) is 3.94. The van der Waals surface area contributed by atoms with Gasteiger partial charge in [-0.2, -0.15) is 0 Å². The zero-order valence-corrected chi connectivity index (χ0v) is 9.90. The lowest BCUT2D eigenvalue weighted by atomic mass is 10.4. The predicted octanol–water partition coefficient (Wildman–Crippen LogP) is 2.24. The van der Waals surface area contributed by atoms with Crippen LogP contribution < -0.4 is 0 Å². The molecule has 0 spiro atoms. The molecule has 1 aromatic heterocycles. The first-order chi connectivity index (χ1) is 7.66. The van der Waals surface area contributed by atoms with Crippen LogP contribution in [0.4, 0.5) is 4.79 Å². The highest BCUT2D eigenvalue weighted by Crippen LogP contribution is 2.13. The predicted molar refractivity (Wildman–Crippen MR) is 61.1 cm³/mol. The number of rotatable bonds is 2. The number of furan rings is 1. The second-order valence-electron chi connectivity index (χ2n) is 4.35. The first-order valence-corrected chi connectivity index (χ1v) is 5.72. The number of urea groups is 1. The molecule has 0 aliphatic carbocycles. The van der Waals surface area contributed by atoms with E-state index in [0.29, 0.717) is 6.54 Å². The van der Waals surface area contributed by atoms with Gasteiger partial charge in [0.15, 0.2) is 0 Å². The van der Waals surface area contributed by atoms with E-state index in [2.05, 4.69) is 0 Å². The molecule has 1 fully saturated rings. The molecule has 0 bridgehead atoms. The van der Waals surface area contributed by atoms with Crippen LogP contribution in [0.5, 0.6) is 0 Å². The first kappa shape index (κ1) is 11.0. The topological polar surface area (TPSA) is 36.7 Å². The maximum absolute atomic E-state index is 12.0. The van der Waals surface area contributed by atoms with Gasteiger partial charge in [-0.25, -0.2) is 4.79 Å². The molecule has 0 aromatic carbocycles. The summed E-state index contributed by atoms with van der Waals surface area (Å²) >= 11 is 0. The van der Waals surface area contributed by atoms with Crippen LogP contribution in [0.3, 0.4) is 0 Å². The van der Waals surface area contributed by atoms with E-state index in [1.807, 2.05) is 31.0 Å². The van der Waals surface area contributed by atoms with Crippen LogP contribution in [0, 0.1) is 6.92 Å². The van der Waals surface area contributed by atoms with Crippen LogP contribution in [0.15, 0.2) is 16.5 Å². The van der Waals surface area contributed by atoms with Gasteiger partial charge in [0, 0.05) is 20.1 Å². The highest BCUT2D eigenvalue weighted by molar-refractivity contribution is 5.74. The minimum Gasteiger partial charge on any atom is -0.464 e. The zero-order valence-electron chi connectivity index (χ0n) is 9.90. The number of hydrogen-bond donors (Lipinski definition) is 0. The highest BCUT2D eigenvalue weighted by Gasteiger charge is 2.21. The number of amides is 2. The van der Waals surface area contributed by atoms with E-state index < -0.39 is 0 Å². The van der Waals surface area contributed by atoms with Crippen molar-refractivity contribution >= 4 is 6.03 Å². The van der Waals surface area contributed by atoms with E-state index in [9.17, 15) is 4.79 Å². The minimum absolute atomic E-state index is 0.103. The van der Waals surface area contributed by atoms with Crippen molar-refractivity contribution in [3.05, 3.63) is 23.7 Å². The van der Waals surface area contributed by atoms with Gasteiger partial charge in [-0.1, -0.05) is 0 Å². The molecule has 1 saturated heterocycles. The molecule has 2 rings (SSSR count). The number of carbonyl (C=O) groups excluding carboxylic acids is 1. The number of hydrogen-bond acceptors (Lipinski definition) is 2. The van der Waals surface area contributed by atoms with Crippen molar-refractivity contribution in [1.29, 1.82) is 0 Å². The third-order valence-electron chi connectivity index (χ3n) is 2.89. The molecule has 0 unspecified atom stereocenters. The smallest absolute Gasteiger partial charge is 0.320 e. The van der Waals surface area contributed by atoms with Crippen LogP contribution in [0.25, 0.3) is 0 Å². The van der Waals surface area contributed by atoms with Gasteiger partial charge in [0.1, 0.15) is 11.5 Å².